The number of ether oxygens (including phenoxy) is 1. The van der Waals surface area contributed by atoms with Crippen LogP contribution in [0.2, 0.25) is 0 Å². The lowest BCUT2D eigenvalue weighted by Crippen LogP contribution is -2.44. The molecule has 2 nitrogen and oxygen atoms in total. The summed E-state index contributed by atoms with van der Waals surface area (Å²) in [7, 11) is 0. The van der Waals surface area contributed by atoms with Gasteiger partial charge in [-0.3, -0.25) is 0 Å². The van der Waals surface area contributed by atoms with Crippen LogP contribution in [0.5, 0.6) is 5.75 Å². The van der Waals surface area contributed by atoms with Gasteiger partial charge in [0, 0.05) is 17.2 Å². The van der Waals surface area contributed by atoms with Crippen molar-refractivity contribution in [2.75, 3.05) is 0 Å². The minimum atomic E-state index is -4.81. The van der Waals surface area contributed by atoms with Crippen LogP contribution in [-0.4, -0.2) is 6.36 Å². The quantitative estimate of drug-likeness (QED) is 0.817. The van der Waals surface area contributed by atoms with Crippen molar-refractivity contribution in [3.8, 4) is 5.75 Å². The molecule has 0 unspecified atom stereocenters. The number of nitrogens with two attached hydrogens (primary N) is 1. The monoisotopic (exact) mass is 249 g/mol. The van der Waals surface area contributed by atoms with Crippen LogP contribution < -0.4 is 10.5 Å². The van der Waals surface area contributed by atoms with E-state index in [1.54, 1.807) is 0 Å². The lowest BCUT2D eigenvalue weighted by atomic mass is 9.72. The topological polar surface area (TPSA) is 35.2 Å². The third-order valence-corrected chi connectivity index (χ3v) is 2.96. The molecule has 1 aromatic rings. The van der Waals surface area contributed by atoms with Gasteiger partial charge in [0.25, 0.3) is 0 Å². The molecule has 2 N–H and O–H groups in total. The molecule has 1 saturated carbocycles. The Kier molecular flexibility index (Phi) is 2.77. The van der Waals surface area contributed by atoms with Gasteiger partial charge in [-0.15, -0.1) is 13.2 Å². The van der Waals surface area contributed by atoms with Crippen molar-refractivity contribution in [3.05, 3.63) is 29.6 Å². The SMILES string of the molecule is NC1(c2ccc(OC(F)(F)F)cc2F)CCC1. The molecule has 1 fully saturated rings. The van der Waals surface area contributed by atoms with E-state index in [0.717, 1.165) is 18.6 Å². The Morgan fingerprint density at radius 3 is 2.29 bits per heavy atom. The summed E-state index contributed by atoms with van der Waals surface area (Å²) in [5.41, 5.74) is 5.41. The standard InChI is InChI=1S/C11H11F4NO/c12-9-6-7(17-11(13,14)15)2-3-8(9)10(16)4-1-5-10/h2-3,6H,1,4-5,16H2. The first-order valence-electron chi connectivity index (χ1n) is 5.15. The summed E-state index contributed by atoms with van der Waals surface area (Å²) in [5, 5.41) is 0. The molecular weight excluding hydrogens is 238 g/mol. The molecular formula is C11H11F4NO. The van der Waals surface area contributed by atoms with E-state index in [2.05, 4.69) is 4.74 Å². The summed E-state index contributed by atoms with van der Waals surface area (Å²) in [4.78, 5) is 0. The van der Waals surface area contributed by atoms with Gasteiger partial charge in [-0.05, 0) is 25.3 Å². The Balaban J connectivity index is 2.23. The van der Waals surface area contributed by atoms with Crippen molar-refractivity contribution in [1.82, 2.24) is 0 Å². The van der Waals surface area contributed by atoms with Crippen LogP contribution >= 0.6 is 0 Å². The van der Waals surface area contributed by atoms with Crippen molar-refractivity contribution >= 4 is 0 Å². The first kappa shape index (κ1) is 12.2. The molecule has 0 amide bonds. The Morgan fingerprint density at radius 2 is 1.88 bits per heavy atom. The van der Waals surface area contributed by atoms with Crippen LogP contribution in [0.3, 0.4) is 0 Å². The maximum absolute atomic E-state index is 13.6. The molecule has 0 aliphatic heterocycles. The summed E-state index contributed by atoms with van der Waals surface area (Å²) in [6.07, 6.45) is -2.63. The predicted molar refractivity (Wildman–Crippen MR) is 52.8 cm³/mol. The van der Waals surface area contributed by atoms with E-state index in [-0.39, 0.29) is 5.56 Å². The molecule has 94 valence electrons. The van der Waals surface area contributed by atoms with Crippen LogP contribution in [-0.2, 0) is 5.54 Å². The molecule has 1 aliphatic carbocycles. The van der Waals surface area contributed by atoms with Crippen LogP contribution in [0.1, 0.15) is 24.8 Å². The predicted octanol–water partition coefficient (Wildman–Crippen LogP) is 3.06. The summed E-state index contributed by atoms with van der Waals surface area (Å²) in [6.45, 7) is 0. The first-order chi connectivity index (χ1) is 7.80. The van der Waals surface area contributed by atoms with E-state index in [4.69, 9.17) is 5.73 Å². The van der Waals surface area contributed by atoms with E-state index in [0.29, 0.717) is 12.8 Å². The molecule has 0 spiro atoms. The molecule has 0 heterocycles. The number of hydrogen-bond acceptors (Lipinski definition) is 2. The molecule has 1 aromatic carbocycles. The molecule has 0 saturated heterocycles. The van der Waals surface area contributed by atoms with Gasteiger partial charge < -0.3 is 10.5 Å². The van der Waals surface area contributed by atoms with Crippen molar-refractivity contribution < 1.29 is 22.3 Å². The van der Waals surface area contributed by atoms with E-state index in [9.17, 15) is 17.6 Å². The summed E-state index contributed by atoms with van der Waals surface area (Å²) < 4.78 is 53.0. The summed E-state index contributed by atoms with van der Waals surface area (Å²) in [5.74, 6) is -1.32. The lowest BCUT2D eigenvalue weighted by molar-refractivity contribution is -0.274. The maximum atomic E-state index is 13.6. The normalized spacial score (nSPS) is 18.6. The Labute approximate surface area is 95.4 Å². The zero-order chi connectivity index (χ0) is 12.7. The smallest absolute Gasteiger partial charge is 0.406 e. The molecule has 0 atom stereocenters. The Morgan fingerprint density at radius 1 is 1.24 bits per heavy atom. The third-order valence-electron chi connectivity index (χ3n) is 2.96. The first-order valence-corrected chi connectivity index (χ1v) is 5.15. The molecule has 0 aromatic heterocycles. The molecule has 0 bridgehead atoms. The van der Waals surface area contributed by atoms with Crippen LogP contribution in [0.15, 0.2) is 18.2 Å². The van der Waals surface area contributed by atoms with E-state index < -0.39 is 23.5 Å². The zero-order valence-corrected chi connectivity index (χ0v) is 8.85. The highest BCUT2D eigenvalue weighted by molar-refractivity contribution is 5.34. The fourth-order valence-electron chi connectivity index (χ4n) is 1.92. The van der Waals surface area contributed by atoms with Gasteiger partial charge in [0.05, 0.1) is 0 Å². The molecule has 6 heteroatoms. The highest BCUT2D eigenvalue weighted by Crippen LogP contribution is 2.40. The average molecular weight is 249 g/mol. The van der Waals surface area contributed by atoms with E-state index in [1.165, 1.54) is 6.07 Å². The molecule has 0 radical (unpaired) electrons. The second-order valence-electron chi connectivity index (χ2n) is 4.20. The van der Waals surface area contributed by atoms with Crippen LogP contribution in [0, 0.1) is 5.82 Å². The maximum Gasteiger partial charge on any atom is 0.573 e. The van der Waals surface area contributed by atoms with Gasteiger partial charge in [-0.2, -0.15) is 0 Å². The fourth-order valence-corrected chi connectivity index (χ4v) is 1.92. The molecule has 17 heavy (non-hydrogen) atoms. The van der Waals surface area contributed by atoms with Gasteiger partial charge in [0.15, 0.2) is 0 Å². The van der Waals surface area contributed by atoms with Gasteiger partial charge in [0.1, 0.15) is 11.6 Å². The van der Waals surface area contributed by atoms with Crippen molar-refractivity contribution in [3.63, 3.8) is 0 Å². The average Bonchev–Trinajstić information content (AvgIpc) is 2.12. The minimum Gasteiger partial charge on any atom is -0.406 e. The second-order valence-corrected chi connectivity index (χ2v) is 4.20. The largest absolute Gasteiger partial charge is 0.573 e. The number of benzene rings is 1. The van der Waals surface area contributed by atoms with Gasteiger partial charge in [-0.1, -0.05) is 6.07 Å². The van der Waals surface area contributed by atoms with Gasteiger partial charge >= 0.3 is 6.36 Å². The highest BCUT2D eigenvalue weighted by atomic mass is 19.4. The van der Waals surface area contributed by atoms with E-state index >= 15 is 0 Å². The third kappa shape index (κ3) is 2.52. The number of halogens is 4. The second kappa shape index (κ2) is 3.87. The molecule has 1 aliphatic rings. The van der Waals surface area contributed by atoms with Crippen molar-refractivity contribution in [1.29, 1.82) is 0 Å². The summed E-state index contributed by atoms with van der Waals surface area (Å²) >= 11 is 0. The van der Waals surface area contributed by atoms with Gasteiger partial charge in [-0.25, -0.2) is 4.39 Å². The summed E-state index contributed by atoms with van der Waals surface area (Å²) in [6, 6.07) is 3.06. The van der Waals surface area contributed by atoms with Crippen molar-refractivity contribution in [2.24, 2.45) is 5.73 Å². The Hall–Kier alpha value is -1.30. The van der Waals surface area contributed by atoms with Crippen LogP contribution in [0.25, 0.3) is 0 Å². The fraction of sp³-hybridized carbons (Fsp3) is 0.455. The van der Waals surface area contributed by atoms with E-state index in [1.807, 2.05) is 0 Å². The van der Waals surface area contributed by atoms with Crippen molar-refractivity contribution in [2.45, 2.75) is 31.2 Å². The zero-order valence-electron chi connectivity index (χ0n) is 8.85. The van der Waals surface area contributed by atoms with Crippen LogP contribution in [0.4, 0.5) is 17.6 Å². The minimum absolute atomic E-state index is 0.248. The Bertz CT molecular complexity index is 426. The van der Waals surface area contributed by atoms with Gasteiger partial charge in [0.2, 0.25) is 0 Å². The number of rotatable bonds is 2. The number of hydrogen-bond donors (Lipinski definition) is 1. The lowest BCUT2D eigenvalue weighted by Gasteiger charge is -2.38. The highest BCUT2D eigenvalue weighted by Gasteiger charge is 2.37. The number of alkyl halides is 3. The molecule has 2 rings (SSSR count).